The van der Waals surface area contributed by atoms with Gasteiger partial charge in [-0.1, -0.05) is 66.7 Å². The Morgan fingerprint density at radius 2 is 1.62 bits per heavy atom. The molecule has 0 aliphatic carbocycles. The van der Waals surface area contributed by atoms with Gasteiger partial charge in [-0.15, -0.1) is 0 Å². The van der Waals surface area contributed by atoms with Gasteiger partial charge in [0.25, 0.3) is 0 Å². The van der Waals surface area contributed by atoms with Crippen LogP contribution in [0.2, 0.25) is 0 Å². The van der Waals surface area contributed by atoms with Crippen LogP contribution in [0.5, 0.6) is 0 Å². The fourth-order valence-corrected chi connectivity index (χ4v) is 4.72. The molecule has 178 valence electrons. The zero-order chi connectivity index (χ0) is 23.8. The minimum atomic E-state index is -0.350. The van der Waals surface area contributed by atoms with Gasteiger partial charge in [-0.2, -0.15) is 0 Å². The van der Waals surface area contributed by atoms with Crippen LogP contribution in [0.25, 0.3) is 10.8 Å². The number of amides is 1. The monoisotopic (exact) mass is 458 g/mol. The van der Waals surface area contributed by atoms with Gasteiger partial charge in [-0.25, -0.2) is 0 Å². The van der Waals surface area contributed by atoms with E-state index in [1.54, 1.807) is 11.8 Å². The standard InChI is InChI=1S/C29H34N2O3/c1-2-34-29(33)22-31(21-24-8-4-3-5-9-24)28(32)19-23-14-16-30(17-15-23)20-25-12-13-26-10-6-7-11-27(26)18-25/h3-13,18,23H,2,14-17,19-22H2,1H3. The van der Waals surface area contributed by atoms with Crippen molar-refractivity contribution >= 4 is 22.6 Å². The number of ether oxygens (including phenoxy) is 1. The Balaban J connectivity index is 1.30. The molecule has 1 saturated heterocycles. The van der Waals surface area contributed by atoms with E-state index in [4.69, 9.17) is 4.74 Å². The largest absolute Gasteiger partial charge is 0.465 e. The third kappa shape index (κ3) is 6.67. The maximum atomic E-state index is 13.2. The van der Waals surface area contributed by atoms with Crippen LogP contribution in [-0.4, -0.2) is 47.9 Å². The molecule has 1 aliphatic heterocycles. The highest BCUT2D eigenvalue weighted by atomic mass is 16.5. The predicted molar refractivity (Wildman–Crippen MR) is 135 cm³/mol. The molecule has 1 heterocycles. The Morgan fingerprint density at radius 1 is 0.912 bits per heavy atom. The molecule has 0 spiro atoms. The second-order valence-electron chi connectivity index (χ2n) is 9.15. The third-order valence-electron chi connectivity index (χ3n) is 6.58. The summed E-state index contributed by atoms with van der Waals surface area (Å²) in [5.41, 5.74) is 2.35. The lowest BCUT2D eigenvalue weighted by Crippen LogP contribution is -2.39. The van der Waals surface area contributed by atoms with Crippen molar-refractivity contribution < 1.29 is 14.3 Å². The minimum Gasteiger partial charge on any atom is -0.465 e. The smallest absolute Gasteiger partial charge is 0.325 e. The molecular formula is C29H34N2O3. The van der Waals surface area contributed by atoms with Crippen LogP contribution in [-0.2, 0) is 27.4 Å². The molecule has 4 rings (SSSR count). The van der Waals surface area contributed by atoms with E-state index in [9.17, 15) is 9.59 Å². The number of likely N-dealkylation sites (tertiary alicyclic amines) is 1. The molecule has 1 amide bonds. The van der Waals surface area contributed by atoms with Crippen molar-refractivity contribution in [2.75, 3.05) is 26.2 Å². The second kappa shape index (κ2) is 11.8. The molecule has 5 heteroatoms. The number of hydrogen-bond donors (Lipinski definition) is 0. The SMILES string of the molecule is CCOC(=O)CN(Cc1ccccc1)C(=O)CC1CCN(Cc2ccc3ccccc3c2)CC1. The maximum absolute atomic E-state index is 13.2. The number of piperidine rings is 1. The summed E-state index contributed by atoms with van der Waals surface area (Å²) in [7, 11) is 0. The van der Waals surface area contributed by atoms with E-state index in [0.717, 1.165) is 38.0 Å². The van der Waals surface area contributed by atoms with Crippen LogP contribution in [0.4, 0.5) is 0 Å². The molecule has 0 N–H and O–H groups in total. The molecule has 1 fully saturated rings. The zero-order valence-electron chi connectivity index (χ0n) is 20.0. The molecule has 0 bridgehead atoms. The first-order valence-electron chi connectivity index (χ1n) is 12.3. The summed E-state index contributed by atoms with van der Waals surface area (Å²) in [5, 5.41) is 2.55. The van der Waals surface area contributed by atoms with E-state index < -0.39 is 0 Å². The van der Waals surface area contributed by atoms with E-state index in [1.807, 2.05) is 30.3 Å². The topological polar surface area (TPSA) is 49.9 Å². The Bertz CT molecular complexity index is 1090. The lowest BCUT2D eigenvalue weighted by atomic mass is 9.92. The van der Waals surface area contributed by atoms with Crippen molar-refractivity contribution in [1.29, 1.82) is 0 Å². The Labute approximate surface area is 202 Å². The van der Waals surface area contributed by atoms with Gasteiger partial charge in [0, 0.05) is 19.5 Å². The summed E-state index contributed by atoms with van der Waals surface area (Å²) in [5.74, 6) is 0.0303. The zero-order valence-corrected chi connectivity index (χ0v) is 20.0. The first kappa shape index (κ1) is 24.0. The number of rotatable bonds is 9. The molecule has 0 atom stereocenters. The summed E-state index contributed by atoms with van der Waals surface area (Å²) in [6.07, 6.45) is 2.48. The average molecular weight is 459 g/mol. The van der Waals surface area contributed by atoms with E-state index >= 15 is 0 Å². The lowest BCUT2D eigenvalue weighted by molar-refractivity contribution is -0.149. The molecule has 1 aliphatic rings. The van der Waals surface area contributed by atoms with Crippen LogP contribution in [0.15, 0.2) is 72.8 Å². The van der Waals surface area contributed by atoms with E-state index in [0.29, 0.717) is 25.5 Å². The Morgan fingerprint density at radius 3 is 2.35 bits per heavy atom. The second-order valence-corrected chi connectivity index (χ2v) is 9.15. The number of fused-ring (bicyclic) bond motifs is 1. The quantitative estimate of drug-likeness (QED) is 0.422. The minimum absolute atomic E-state index is 0.00236. The average Bonchev–Trinajstić information content (AvgIpc) is 2.85. The van der Waals surface area contributed by atoms with Gasteiger partial charge >= 0.3 is 5.97 Å². The number of benzene rings is 3. The van der Waals surface area contributed by atoms with E-state index in [-0.39, 0.29) is 18.4 Å². The molecule has 5 nitrogen and oxygen atoms in total. The van der Waals surface area contributed by atoms with Gasteiger partial charge < -0.3 is 9.64 Å². The van der Waals surface area contributed by atoms with Gasteiger partial charge in [0.05, 0.1) is 6.61 Å². The number of esters is 1. The van der Waals surface area contributed by atoms with Crippen LogP contribution in [0, 0.1) is 5.92 Å². The van der Waals surface area contributed by atoms with Crippen LogP contribution in [0.1, 0.15) is 37.3 Å². The van der Waals surface area contributed by atoms with Crippen molar-refractivity contribution in [2.45, 2.75) is 39.3 Å². The van der Waals surface area contributed by atoms with Crippen molar-refractivity contribution in [3.8, 4) is 0 Å². The van der Waals surface area contributed by atoms with Crippen LogP contribution in [0.3, 0.4) is 0 Å². The van der Waals surface area contributed by atoms with E-state index in [1.165, 1.54) is 16.3 Å². The molecule has 0 saturated carbocycles. The summed E-state index contributed by atoms with van der Waals surface area (Å²) < 4.78 is 5.11. The van der Waals surface area contributed by atoms with Gasteiger partial charge in [0.2, 0.25) is 5.91 Å². The fraction of sp³-hybridized carbons (Fsp3) is 0.379. The molecule has 0 radical (unpaired) electrons. The van der Waals surface area contributed by atoms with Crippen LogP contribution < -0.4 is 0 Å². The highest BCUT2D eigenvalue weighted by Gasteiger charge is 2.25. The van der Waals surface area contributed by atoms with Gasteiger partial charge in [0.15, 0.2) is 0 Å². The third-order valence-corrected chi connectivity index (χ3v) is 6.58. The summed E-state index contributed by atoms with van der Waals surface area (Å²) >= 11 is 0. The van der Waals surface area contributed by atoms with Gasteiger partial charge in [-0.3, -0.25) is 14.5 Å². The van der Waals surface area contributed by atoms with Crippen molar-refractivity contribution in [1.82, 2.24) is 9.80 Å². The number of hydrogen-bond acceptors (Lipinski definition) is 4. The molecule has 0 unspecified atom stereocenters. The summed E-state index contributed by atoms with van der Waals surface area (Å²) in [6, 6.07) is 25.0. The molecule has 34 heavy (non-hydrogen) atoms. The number of nitrogens with zero attached hydrogens (tertiary/aromatic N) is 2. The van der Waals surface area contributed by atoms with Gasteiger partial charge in [0.1, 0.15) is 6.54 Å². The van der Waals surface area contributed by atoms with Crippen molar-refractivity contribution in [3.05, 3.63) is 83.9 Å². The normalized spacial score (nSPS) is 14.7. The first-order chi connectivity index (χ1) is 16.6. The molecular weight excluding hydrogens is 424 g/mol. The fourth-order valence-electron chi connectivity index (χ4n) is 4.72. The summed E-state index contributed by atoms with van der Waals surface area (Å²) in [4.78, 5) is 29.4. The van der Waals surface area contributed by atoms with Crippen LogP contribution >= 0.6 is 0 Å². The highest BCUT2D eigenvalue weighted by molar-refractivity contribution is 5.83. The number of carbonyl (C=O) groups excluding carboxylic acids is 2. The van der Waals surface area contributed by atoms with E-state index in [2.05, 4.69) is 47.4 Å². The lowest BCUT2D eigenvalue weighted by Gasteiger charge is -2.33. The Kier molecular flexibility index (Phi) is 8.31. The predicted octanol–water partition coefficient (Wildman–Crippen LogP) is 5.03. The van der Waals surface area contributed by atoms with Crippen molar-refractivity contribution in [3.63, 3.8) is 0 Å². The first-order valence-corrected chi connectivity index (χ1v) is 12.3. The molecule has 0 aromatic heterocycles. The molecule has 3 aromatic rings. The van der Waals surface area contributed by atoms with Crippen molar-refractivity contribution in [2.24, 2.45) is 5.92 Å². The Hall–Kier alpha value is -3.18. The van der Waals surface area contributed by atoms with Gasteiger partial charge in [-0.05, 0) is 66.7 Å². The highest BCUT2D eigenvalue weighted by Crippen LogP contribution is 2.24. The maximum Gasteiger partial charge on any atom is 0.325 e. The molecule has 3 aromatic carbocycles. The number of carbonyl (C=O) groups is 2. The summed E-state index contributed by atoms with van der Waals surface area (Å²) in [6.45, 7) is 5.45.